The van der Waals surface area contributed by atoms with Gasteiger partial charge in [-0.15, -0.1) is 0 Å². The van der Waals surface area contributed by atoms with Crippen molar-refractivity contribution in [3.05, 3.63) is 52.0 Å². The second kappa shape index (κ2) is 8.34. The molecule has 0 aliphatic carbocycles. The standard InChI is InChI=1S/C18H17Cl2N3O3S2/c1-3-23(4-2)28(25,26)12-6-7-14(20)13(10-12)17(24)22-18-21-15-8-5-11(19)9-16(15)27-18/h5-10H,3-4H2,1-2H3,(H,21,22,24). The van der Waals surface area contributed by atoms with Crippen LogP contribution < -0.4 is 5.32 Å². The average molecular weight is 458 g/mol. The number of amides is 1. The maximum atomic E-state index is 12.7. The predicted molar refractivity (Wildman–Crippen MR) is 114 cm³/mol. The Bertz CT molecular complexity index is 1140. The highest BCUT2D eigenvalue weighted by atomic mass is 35.5. The Labute approximate surface area is 177 Å². The summed E-state index contributed by atoms with van der Waals surface area (Å²) >= 11 is 13.4. The number of fused-ring (bicyclic) bond motifs is 1. The largest absolute Gasteiger partial charge is 0.298 e. The third-order valence-electron chi connectivity index (χ3n) is 4.10. The highest BCUT2D eigenvalue weighted by molar-refractivity contribution is 7.89. The van der Waals surface area contributed by atoms with Crippen molar-refractivity contribution >= 4 is 65.8 Å². The Hall–Kier alpha value is -1.71. The number of rotatable bonds is 6. The number of hydrogen-bond donors (Lipinski definition) is 1. The number of anilines is 1. The molecule has 28 heavy (non-hydrogen) atoms. The van der Waals surface area contributed by atoms with Gasteiger partial charge >= 0.3 is 0 Å². The number of thiazole rings is 1. The van der Waals surface area contributed by atoms with Crippen LogP contribution in [0.15, 0.2) is 41.3 Å². The van der Waals surface area contributed by atoms with Gasteiger partial charge in [0.1, 0.15) is 0 Å². The molecule has 0 aliphatic rings. The van der Waals surface area contributed by atoms with Crippen LogP contribution in [0.25, 0.3) is 10.2 Å². The van der Waals surface area contributed by atoms with E-state index in [1.165, 1.54) is 33.8 Å². The summed E-state index contributed by atoms with van der Waals surface area (Å²) in [4.78, 5) is 17.1. The third kappa shape index (κ3) is 4.16. The molecular formula is C18H17Cl2N3O3S2. The van der Waals surface area contributed by atoms with Crippen LogP contribution in [-0.2, 0) is 10.0 Å². The molecular weight excluding hydrogens is 441 g/mol. The number of carbonyl (C=O) groups is 1. The molecule has 0 spiro atoms. The molecule has 0 saturated carbocycles. The molecule has 1 aromatic heterocycles. The number of benzene rings is 2. The fourth-order valence-electron chi connectivity index (χ4n) is 2.67. The lowest BCUT2D eigenvalue weighted by Gasteiger charge is -2.19. The molecule has 1 N–H and O–H groups in total. The Morgan fingerprint density at radius 1 is 1.14 bits per heavy atom. The van der Waals surface area contributed by atoms with Gasteiger partial charge < -0.3 is 0 Å². The molecule has 3 rings (SSSR count). The molecule has 0 radical (unpaired) electrons. The van der Waals surface area contributed by atoms with Crippen LogP contribution in [0.3, 0.4) is 0 Å². The van der Waals surface area contributed by atoms with E-state index in [1.54, 1.807) is 32.0 Å². The number of aromatic nitrogens is 1. The summed E-state index contributed by atoms with van der Waals surface area (Å²) in [6, 6.07) is 9.32. The van der Waals surface area contributed by atoms with Crippen LogP contribution in [0.2, 0.25) is 10.0 Å². The van der Waals surface area contributed by atoms with Gasteiger partial charge in [-0.1, -0.05) is 48.4 Å². The highest BCUT2D eigenvalue weighted by Gasteiger charge is 2.24. The van der Waals surface area contributed by atoms with Crippen molar-refractivity contribution in [2.45, 2.75) is 18.7 Å². The zero-order valence-corrected chi connectivity index (χ0v) is 18.2. The van der Waals surface area contributed by atoms with E-state index < -0.39 is 15.9 Å². The second-order valence-corrected chi connectivity index (χ2v) is 9.63. The number of carbonyl (C=O) groups excluding carboxylic acids is 1. The lowest BCUT2D eigenvalue weighted by molar-refractivity contribution is 0.102. The van der Waals surface area contributed by atoms with Gasteiger partial charge in [0.05, 0.1) is 25.7 Å². The lowest BCUT2D eigenvalue weighted by atomic mass is 10.2. The van der Waals surface area contributed by atoms with Crippen molar-refractivity contribution in [1.82, 2.24) is 9.29 Å². The van der Waals surface area contributed by atoms with Crippen molar-refractivity contribution in [2.24, 2.45) is 0 Å². The first kappa shape index (κ1) is 21.0. The zero-order chi connectivity index (χ0) is 20.5. The molecule has 6 nitrogen and oxygen atoms in total. The van der Waals surface area contributed by atoms with Crippen molar-refractivity contribution in [3.8, 4) is 0 Å². The van der Waals surface area contributed by atoms with E-state index >= 15 is 0 Å². The molecule has 0 unspecified atom stereocenters. The maximum Gasteiger partial charge on any atom is 0.259 e. The summed E-state index contributed by atoms with van der Waals surface area (Å²) in [6.45, 7) is 4.17. The van der Waals surface area contributed by atoms with Crippen molar-refractivity contribution in [1.29, 1.82) is 0 Å². The van der Waals surface area contributed by atoms with Gasteiger partial charge in [0.25, 0.3) is 5.91 Å². The normalized spacial score (nSPS) is 11.9. The molecule has 1 amide bonds. The minimum absolute atomic E-state index is 0.0156. The number of nitrogens with zero attached hydrogens (tertiary/aromatic N) is 2. The van der Waals surface area contributed by atoms with Crippen LogP contribution in [0.4, 0.5) is 5.13 Å². The smallest absolute Gasteiger partial charge is 0.259 e. The number of sulfonamides is 1. The van der Waals surface area contributed by atoms with Gasteiger partial charge in [-0.25, -0.2) is 13.4 Å². The van der Waals surface area contributed by atoms with Crippen LogP contribution in [-0.4, -0.2) is 36.7 Å². The Kier molecular flexibility index (Phi) is 6.26. The molecule has 1 heterocycles. The minimum atomic E-state index is -3.71. The molecule has 148 valence electrons. The number of hydrogen-bond acceptors (Lipinski definition) is 5. The van der Waals surface area contributed by atoms with E-state index in [4.69, 9.17) is 23.2 Å². The van der Waals surface area contributed by atoms with Crippen molar-refractivity contribution in [2.75, 3.05) is 18.4 Å². The molecule has 10 heteroatoms. The fourth-order valence-corrected chi connectivity index (χ4v) is 5.49. The van der Waals surface area contributed by atoms with Gasteiger partial charge in [-0.2, -0.15) is 4.31 Å². The summed E-state index contributed by atoms with van der Waals surface area (Å²) in [7, 11) is -3.71. The summed E-state index contributed by atoms with van der Waals surface area (Å²) in [5, 5.41) is 3.78. The first-order valence-electron chi connectivity index (χ1n) is 8.43. The van der Waals surface area contributed by atoms with Gasteiger partial charge in [0, 0.05) is 18.1 Å². The Morgan fingerprint density at radius 3 is 2.54 bits per heavy atom. The van der Waals surface area contributed by atoms with Crippen molar-refractivity contribution in [3.63, 3.8) is 0 Å². The fraction of sp³-hybridized carbons (Fsp3) is 0.222. The highest BCUT2D eigenvalue weighted by Crippen LogP contribution is 2.29. The lowest BCUT2D eigenvalue weighted by Crippen LogP contribution is -2.30. The SMILES string of the molecule is CCN(CC)S(=O)(=O)c1ccc(Cl)c(C(=O)Nc2nc3ccc(Cl)cc3s2)c1. The summed E-state index contributed by atoms with van der Waals surface area (Å²) < 4.78 is 27.6. The quantitative estimate of drug-likeness (QED) is 0.571. The van der Waals surface area contributed by atoms with E-state index in [-0.39, 0.29) is 15.5 Å². The Balaban J connectivity index is 1.92. The first-order chi connectivity index (χ1) is 13.3. The predicted octanol–water partition coefficient (Wildman–Crippen LogP) is 4.89. The van der Waals surface area contributed by atoms with Crippen LogP contribution in [0, 0.1) is 0 Å². The van der Waals surface area contributed by atoms with Crippen LogP contribution in [0.1, 0.15) is 24.2 Å². The molecule has 0 aliphatic heterocycles. The Morgan fingerprint density at radius 2 is 1.86 bits per heavy atom. The second-order valence-electron chi connectivity index (χ2n) is 5.82. The summed E-state index contributed by atoms with van der Waals surface area (Å²) in [5.41, 5.74) is 0.765. The minimum Gasteiger partial charge on any atom is -0.298 e. The van der Waals surface area contributed by atoms with Crippen LogP contribution >= 0.6 is 34.5 Å². The summed E-state index contributed by atoms with van der Waals surface area (Å²) in [5.74, 6) is -0.535. The number of halogens is 2. The van der Waals surface area contributed by atoms with E-state index in [9.17, 15) is 13.2 Å². The molecule has 0 fully saturated rings. The van der Waals surface area contributed by atoms with E-state index in [2.05, 4.69) is 10.3 Å². The first-order valence-corrected chi connectivity index (χ1v) is 11.4. The van der Waals surface area contributed by atoms with Crippen LogP contribution in [0.5, 0.6) is 0 Å². The molecule has 0 atom stereocenters. The zero-order valence-electron chi connectivity index (χ0n) is 15.1. The van der Waals surface area contributed by atoms with Gasteiger partial charge in [0.15, 0.2) is 5.13 Å². The maximum absolute atomic E-state index is 12.7. The van der Waals surface area contributed by atoms with E-state index in [0.717, 1.165) is 4.70 Å². The topological polar surface area (TPSA) is 79.4 Å². The third-order valence-corrected chi connectivity index (χ3v) is 7.64. The monoisotopic (exact) mass is 457 g/mol. The summed E-state index contributed by atoms with van der Waals surface area (Å²) in [6.07, 6.45) is 0. The number of nitrogens with one attached hydrogen (secondary N) is 1. The molecule has 0 saturated heterocycles. The molecule has 0 bridgehead atoms. The van der Waals surface area contributed by atoms with Gasteiger partial charge in [0.2, 0.25) is 10.0 Å². The molecule has 3 aromatic rings. The van der Waals surface area contributed by atoms with E-state index in [1.807, 2.05) is 0 Å². The van der Waals surface area contributed by atoms with Crippen molar-refractivity contribution < 1.29 is 13.2 Å². The average Bonchev–Trinajstić information content (AvgIpc) is 3.03. The molecule has 2 aromatic carbocycles. The van der Waals surface area contributed by atoms with E-state index in [0.29, 0.717) is 28.8 Å². The van der Waals surface area contributed by atoms with Gasteiger partial charge in [-0.3, -0.25) is 10.1 Å². The van der Waals surface area contributed by atoms with Gasteiger partial charge in [-0.05, 0) is 36.4 Å².